The van der Waals surface area contributed by atoms with Gasteiger partial charge in [-0.25, -0.2) is 14.4 Å². The average Bonchev–Trinajstić information content (AvgIpc) is 2.85. The maximum absolute atomic E-state index is 12.9. The van der Waals surface area contributed by atoms with Gasteiger partial charge in [0.15, 0.2) is 0 Å². The molecule has 0 aromatic carbocycles. The van der Waals surface area contributed by atoms with Crippen molar-refractivity contribution in [1.29, 1.82) is 0 Å². The highest BCUT2D eigenvalue weighted by Crippen LogP contribution is 2.09. The normalized spacial score (nSPS) is 10.3. The van der Waals surface area contributed by atoms with Crippen LogP contribution in [0, 0.1) is 5.82 Å². The summed E-state index contributed by atoms with van der Waals surface area (Å²) < 4.78 is 12.9. The zero-order valence-electron chi connectivity index (χ0n) is 9.39. The summed E-state index contributed by atoms with van der Waals surface area (Å²) in [6, 6.07) is 1.07. The molecule has 7 heteroatoms. The molecule has 0 aliphatic rings. The van der Waals surface area contributed by atoms with Crippen LogP contribution in [0.4, 0.5) is 10.2 Å². The fourth-order valence-electron chi connectivity index (χ4n) is 1.39. The van der Waals surface area contributed by atoms with E-state index in [0.29, 0.717) is 13.0 Å². The molecule has 2 rings (SSSR count). The Balaban J connectivity index is 1.93. The van der Waals surface area contributed by atoms with Crippen LogP contribution in [0.3, 0.4) is 0 Å². The topological polar surface area (TPSA) is 80.9 Å². The number of amides is 1. The zero-order chi connectivity index (χ0) is 13.0. The number of carbonyl (C=O) groups excluding carboxylic acids is 1. The smallest absolute Gasteiger partial charge is 0.255 e. The van der Waals surface area contributed by atoms with Crippen LogP contribution in [-0.4, -0.2) is 22.4 Å². The van der Waals surface area contributed by atoms with E-state index < -0.39 is 11.7 Å². The zero-order valence-corrected chi connectivity index (χ0v) is 10.2. The molecule has 3 N–H and O–H groups in total. The van der Waals surface area contributed by atoms with E-state index in [9.17, 15) is 9.18 Å². The van der Waals surface area contributed by atoms with Crippen LogP contribution in [0.15, 0.2) is 23.2 Å². The molecule has 2 heterocycles. The van der Waals surface area contributed by atoms with Crippen LogP contribution < -0.4 is 11.1 Å². The van der Waals surface area contributed by atoms with Crippen LogP contribution in [0.25, 0.3) is 0 Å². The highest BCUT2D eigenvalue weighted by atomic mass is 32.1. The number of nitrogens with two attached hydrogens (primary N) is 1. The molecule has 94 valence electrons. The van der Waals surface area contributed by atoms with Gasteiger partial charge in [-0.3, -0.25) is 4.79 Å². The Morgan fingerprint density at radius 2 is 2.33 bits per heavy atom. The molecular formula is C11H11FN4OS. The summed E-state index contributed by atoms with van der Waals surface area (Å²) in [6.45, 7) is 0.415. The Bertz CT molecular complexity index is 544. The lowest BCUT2D eigenvalue weighted by molar-refractivity contribution is 0.0954. The van der Waals surface area contributed by atoms with E-state index in [1.165, 1.54) is 11.3 Å². The maximum atomic E-state index is 12.9. The first-order chi connectivity index (χ1) is 8.66. The van der Waals surface area contributed by atoms with Gasteiger partial charge in [0, 0.05) is 18.3 Å². The molecule has 0 radical (unpaired) electrons. The molecule has 0 atom stereocenters. The van der Waals surface area contributed by atoms with Crippen molar-refractivity contribution in [1.82, 2.24) is 15.3 Å². The summed E-state index contributed by atoms with van der Waals surface area (Å²) in [7, 11) is 0. The van der Waals surface area contributed by atoms with Crippen LogP contribution in [0.1, 0.15) is 16.1 Å². The summed E-state index contributed by atoms with van der Waals surface area (Å²) in [6.07, 6.45) is 1.60. The highest BCUT2D eigenvalue weighted by molar-refractivity contribution is 7.07. The number of halogens is 1. The molecule has 5 nitrogen and oxygen atoms in total. The van der Waals surface area contributed by atoms with Crippen molar-refractivity contribution in [2.75, 3.05) is 12.3 Å². The third-order valence-corrected chi connectivity index (χ3v) is 2.92. The Kier molecular flexibility index (Phi) is 3.83. The number of nitrogens with zero attached hydrogens (tertiary/aromatic N) is 2. The minimum absolute atomic E-state index is 0.0163. The number of rotatable bonds is 4. The van der Waals surface area contributed by atoms with Gasteiger partial charge in [-0.05, 0) is 6.07 Å². The predicted molar refractivity (Wildman–Crippen MR) is 66.8 cm³/mol. The minimum Gasteiger partial charge on any atom is -0.383 e. The maximum Gasteiger partial charge on any atom is 0.255 e. The van der Waals surface area contributed by atoms with E-state index in [1.807, 2.05) is 5.38 Å². The van der Waals surface area contributed by atoms with Crippen molar-refractivity contribution >= 4 is 23.1 Å². The molecule has 0 bridgehead atoms. The van der Waals surface area contributed by atoms with Gasteiger partial charge in [-0.1, -0.05) is 0 Å². The fraction of sp³-hybridized carbons (Fsp3) is 0.182. The van der Waals surface area contributed by atoms with E-state index >= 15 is 0 Å². The highest BCUT2D eigenvalue weighted by Gasteiger charge is 2.11. The molecule has 0 spiro atoms. The lowest BCUT2D eigenvalue weighted by Gasteiger charge is -2.06. The number of hydrogen-bond donors (Lipinski definition) is 2. The Hall–Kier alpha value is -2.02. The lowest BCUT2D eigenvalue weighted by Crippen LogP contribution is -2.27. The first-order valence-corrected chi connectivity index (χ1v) is 6.17. The van der Waals surface area contributed by atoms with Gasteiger partial charge in [0.1, 0.15) is 11.6 Å². The van der Waals surface area contributed by atoms with Crippen molar-refractivity contribution in [2.45, 2.75) is 6.42 Å². The number of nitrogen functional groups attached to an aromatic ring is 1. The van der Waals surface area contributed by atoms with Gasteiger partial charge < -0.3 is 11.1 Å². The molecule has 1 amide bonds. The summed E-state index contributed by atoms with van der Waals surface area (Å²) in [4.78, 5) is 19.4. The van der Waals surface area contributed by atoms with Gasteiger partial charge in [0.05, 0.1) is 23.0 Å². The Morgan fingerprint density at radius 3 is 3.06 bits per heavy atom. The van der Waals surface area contributed by atoms with Crippen LogP contribution >= 0.6 is 11.3 Å². The number of aromatic nitrogens is 2. The molecule has 0 unspecified atom stereocenters. The number of pyridine rings is 1. The van der Waals surface area contributed by atoms with E-state index in [1.54, 1.807) is 5.51 Å². The number of anilines is 1. The standard InChI is InChI=1S/C11H11FN4OS/c12-7-3-9(10(13)15-4-7)11(17)14-2-1-8-5-18-6-16-8/h3-6H,1-2H2,(H2,13,15)(H,14,17). The summed E-state index contributed by atoms with van der Waals surface area (Å²) in [5, 5.41) is 4.55. The van der Waals surface area contributed by atoms with E-state index in [-0.39, 0.29) is 11.4 Å². The lowest BCUT2D eigenvalue weighted by atomic mass is 10.2. The third-order valence-electron chi connectivity index (χ3n) is 2.28. The van der Waals surface area contributed by atoms with Gasteiger partial charge in [-0.15, -0.1) is 11.3 Å². The molecule has 0 fully saturated rings. The fourth-order valence-corrected chi connectivity index (χ4v) is 1.98. The van der Waals surface area contributed by atoms with Gasteiger partial charge in [0.2, 0.25) is 0 Å². The van der Waals surface area contributed by atoms with Gasteiger partial charge in [0.25, 0.3) is 5.91 Å². The summed E-state index contributed by atoms with van der Waals surface area (Å²) in [5.74, 6) is -1.01. The number of nitrogens with one attached hydrogen (secondary N) is 1. The molecule has 0 aliphatic heterocycles. The molecule has 0 saturated carbocycles. The minimum atomic E-state index is -0.589. The molecule has 2 aromatic heterocycles. The number of carbonyl (C=O) groups is 1. The Labute approximate surface area is 107 Å². The second kappa shape index (κ2) is 5.54. The first kappa shape index (κ1) is 12.4. The molecular weight excluding hydrogens is 255 g/mol. The van der Waals surface area contributed by atoms with Crippen molar-refractivity contribution < 1.29 is 9.18 Å². The predicted octanol–water partition coefficient (Wildman–Crippen LogP) is 1.23. The molecule has 2 aromatic rings. The van der Waals surface area contributed by atoms with E-state index in [2.05, 4.69) is 15.3 Å². The van der Waals surface area contributed by atoms with Crippen LogP contribution in [0.2, 0.25) is 0 Å². The Morgan fingerprint density at radius 1 is 1.50 bits per heavy atom. The number of hydrogen-bond acceptors (Lipinski definition) is 5. The van der Waals surface area contributed by atoms with E-state index in [0.717, 1.165) is 18.0 Å². The molecule has 0 saturated heterocycles. The van der Waals surface area contributed by atoms with Crippen molar-refractivity contribution in [3.8, 4) is 0 Å². The quantitative estimate of drug-likeness (QED) is 0.872. The second-order valence-electron chi connectivity index (χ2n) is 3.57. The largest absolute Gasteiger partial charge is 0.383 e. The SMILES string of the molecule is Nc1ncc(F)cc1C(=O)NCCc1cscn1. The van der Waals surface area contributed by atoms with Gasteiger partial charge in [-0.2, -0.15) is 0 Å². The van der Waals surface area contributed by atoms with Crippen LogP contribution in [0.5, 0.6) is 0 Å². The van der Waals surface area contributed by atoms with Gasteiger partial charge >= 0.3 is 0 Å². The van der Waals surface area contributed by atoms with Crippen LogP contribution in [-0.2, 0) is 6.42 Å². The summed E-state index contributed by atoms with van der Waals surface area (Å²) in [5.41, 5.74) is 8.19. The van der Waals surface area contributed by atoms with Crippen molar-refractivity contribution in [3.05, 3.63) is 40.2 Å². The molecule has 0 aliphatic carbocycles. The first-order valence-electron chi connectivity index (χ1n) is 5.23. The third kappa shape index (κ3) is 3.01. The van der Waals surface area contributed by atoms with E-state index in [4.69, 9.17) is 5.73 Å². The monoisotopic (exact) mass is 266 g/mol. The number of thiazole rings is 1. The average molecular weight is 266 g/mol. The summed E-state index contributed by atoms with van der Waals surface area (Å²) >= 11 is 1.50. The van der Waals surface area contributed by atoms with Crippen molar-refractivity contribution in [2.24, 2.45) is 0 Å². The van der Waals surface area contributed by atoms with Crippen molar-refractivity contribution in [3.63, 3.8) is 0 Å². The second-order valence-corrected chi connectivity index (χ2v) is 4.29. The molecule has 18 heavy (non-hydrogen) atoms.